The van der Waals surface area contributed by atoms with E-state index in [2.05, 4.69) is 0 Å². The van der Waals surface area contributed by atoms with Crippen LogP contribution in [0.4, 0.5) is 4.39 Å². The minimum Gasteiger partial charge on any atom is -0.496 e. The van der Waals surface area contributed by atoms with Crippen LogP contribution in [0.3, 0.4) is 0 Å². The molecule has 0 spiro atoms. The highest BCUT2D eigenvalue weighted by Crippen LogP contribution is 2.36. The van der Waals surface area contributed by atoms with Crippen LogP contribution in [0.15, 0.2) is 52.3 Å². The molecule has 0 aromatic heterocycles. The Hall–Kier alpha value is -1.52. The van der Waals surface area contributed by atoms with Gasteiger partial charge in [0.15, 0.2) is 0 Å². The lowest BCUT2D eigenvalue weighted by Crippen LogP contribution is -1.93. The molecule has 4 heteroatoms. The molecule has 100 valence electrons. The predicted molar refractivity (Wildman–Crippen MR) is 74.2 cm³/mol. The predicted octanol–water partition coefficient (Wildman–Crippen LogP) is 4.04. The zero-order valence-corrected chi connectivity index (χ0v) is 11.6. The van der Waals surface area contributed by atoms with Gasteiger partial charge >= 0.3 is 0 Å². The first kappa shape index (κ1) is 13.9. The molecule has 2 aromatic carbocycles. The Kier molecular flexibility index (Phi) is 4.45. The van der Waals surface area contributed by atoms with Crippen molar-refractivity contribution in [3.63, 3.8) is 0 Å². The van der Waals surface area contributed by atoms with E-state index in [9.17, 15) is 9.50 Å². The van der Waals surface area contributed by atoms with E-state index < -0.39 is 6.10 Å². The van der Waals surface area contributed by atoms with E-state index in [4.69, 9.17) is 4.74 Å². The number of aliphatic hydroxyl groups excluding tert-OH is 1. The van der Waals surface area contributed by atoms with Gasteiger partial charge in [-0.15, -0.1) is 0 Å². The molecule has 2 rings (SSSR count). The molecule has 1 atom stereocenters. The van der Waals surface area contributed by atoms with Crippen LogP contribution in [-0.4, -0.2) is 12.2 Å². The second-order valence-corrected chi connectivity index (χ2v) is 5.20. The first-order chi connectivity index (χ1) is 9.11. The van der Waals surface area contributed by atoms with Crippen LogP contribution in [-0.2, 0) is 0 Å². The summed E-state index contributed by atoms with van der Waals surface area (Å²) >= 11 is 1.30. The Balaban J connectivity index is 2.28. The van der Waals surface area contributed by atoms with Crippen LogP contribution in [0.2, 0.25) is 0 Å². The van der Waals surface area contributed by atoms with Crippen LogP contribution < -0.4 is 4.74 Å². The SMILES string of the molecule is COc1ccccc1Sc1ccc([C@H](C)O)cc1F. The highest BCUT2D eigenvalue weighted by atomic mass is 32.2. The fourth-order valence-corrected chi connectivity index (χ4v) is 2.61. The number of methoxy groups -OCH3 is 1. The number of halogens is 1. The molecule has 0 saturated carbocycles. The molecule has 0 unspecified atom stereocenters. The third kappa shape index (κ3) is 3.28. The fourth-order valence-electron chi connectivity index (χ4n) is 1.68. The molecule has 0 aliphatic rings. The number of benzene rings is 2. The Morgan fingerprint density at radius 1 is 1.16 bits per heavy atom. The smallest absolute Gasteiger partial charge is 0.137 e. The molecular weight excluding hydrogens is 263 g/mol. The number of hydrogen-bond acceptors (Lipinski definition) is 3. The van der Waals surface area contributed by atoms with Gasteiger partial charge in [0.1, 0.15) is 11.6 Å². The molecule has 0 radical (unpaired) electrons. The van der Waals surface area contributed by atoms with Crippen molar-refractivity contribution in [2.45, 2.75) is 22.8 Å². The Labute approximate surface area is 116 Å². The van der Waals surface area contributed by atoms with Crippen LogP contribution in [0.25, 0.3) is 0 Å². The fraction of sp³-hybridized carbons (Fsp3) is 0.200. The zero-order chi connectivity index (χ0) is 13.8. The minimum atomic E-state index is -0.667. The quantitative estimate of drug-likeness (QED) is 0.915. The van der Waals surface area contributed by atoms with Crippen LogP contribution in [0.1, 0.15) is 18.6 Å². The highest BCUT2D eigenvalue weighted by Gasteiger charge is 2.10. The number of ether oxygens (including phenoxy) is 1. The zero-order valence-electron chi connectivity index (χ0n) is 10.8. The lowest BCUT2D eigenvalue weighted by Gasteiger charge is -2.10. The van der Waals surface area contributed by atoms with E-state index in [0.717, 1.165) is 4.90 Å². The molecule has 2 nitrogen and oxygen atoms in total. The summed E-state index contributed by atoms with van der Waals surface area (Å²) in [6.45, 7) is 1.61. The van der Waals surface area contributed by atoms with Crippen molar-refractivity contribution < 1.29 is 14.2 Å². The molecule has 0 bridgehead atoms. The standard InChI is InChI=1S/C15H15FO2S/c1-10(17)11-7-8-14(12(16)9-11)19-15-6-4-3-5-13(15)18-2/h3-10,17H,1-2H3/t10-/m0/s1. The van der Waals surface area contributed by atoms with E-state index >= 15 is 0 Å². The summed E-state index contributed by atoms with van der Waals surface area (Å²) < 4.78 is 19.2. The molecule has 0 heterocycles. The molecule has 19 heavy (non-hydrogen) atoms. The molecular formula is C15H15FO2S. The van der Waals surface area contributed by atoms with Gasteiger partial charge in [-0.1, -0.05) is 30.0 Å². The third-order valence-electron chi connectivity index (χ3n) is 2.73. The lowest BCUT2D eigenvalue weighted by atomic mass is 10.1. The van der Waals surface area contributed by atoms with Gasteiger partial charge in [-0.2, -0.15) is 0 Å². The van der Waals surface area contributed by atoms with Gasteiger partial charge < -0.3 is 9.84 Å². The maximum Gasteiger partial charge on any atom is 0.137 e. The van der Waals surface area contributed by atoms with Gasteiger partial charge in [0.05, 0.1) is 18.1 Å². The molecule has 0 aliphatic heterocycles. The average Bonchev–Trinajstić information content (AvgIpc) is 2.41. The monoisotopic (exact) mass is 278 g/mol. The van der Waals surface area contributed by atoms with E-state index in [1.165, 1.54) is 17.8 Å². The third-order valence-corrected chi connectivity index (χ3v) is 3.84. The van der Waals surface area contributed by atoms with Crippen molar-refractivity contribution in [2.24, 2.45) is 0 Å². The van der Waals surface area contributed by atoms with Crippen molar-refractivity contribution in [3.8, 4) is 5.75 Å². The maximum atomic E-state index is 14.0. The van der Waals surface area contributed by atoms with Gasteiger partial charge in [-0.25, -0.2) is 4.39 Å². The van der Waals surface area contributed by atoms with Gasteiger partial charge in [0.25, 0.3) is 0 Å². The summed E-state index contributed by atoms with van der Waals surface area (Å²) in [5.74, 6) is 0.376. The summed E-state index contributed by atoms with van der Waals surface area (Å²) in [6, 6.07) is 12.2. The van der Waals surface area contributed by atoms with Gasteiger partial charge in [-0.05, 0) is 36.8 Å². The number of hydrogen-bond donors (Lipinski definition) is 1. The topological polar surface area (TPSA) is 29.5 Å². The normalized spacial score (nSPS) is 12.2. The molecule has 0 saturated heterocycles. The maximum absolute atomic E-state index is 14.0. The summed E-state index contributed by atoms with van der Waals surface area (Å²) in [6.07, 6.45) is -0.667. The van der Waals surface area contributed by atoms with Gasteiger partial charge in [-0.3, -0.25) is 0 Å². The second kappa shape index (κ2) is 6.08. The number of para-hydroxylation sites is 1. The number of aliphatic hydroxyl groups is 1. The summed E-state index contributed by atoms with van der Waals surface area (Å²) in [4.78, 5) is 1.36. The van der Waals surface area contributed by atoms with Gasteiger partial charge in [0, 0.05) is 4.90 Å². The highest BCUT2D eigenvalue weighted by molar-refractivity contribution is 7.99. The summed E-state index contributed by atoms with van der Waals surface area (Å²) in [5.41, 5.74) is 0.571. The van der Waals surface area contributed by atoms with Crippen LogP contribution >= 0.6 is 11.8 Å². The first-order valence-corrected chi connectivity index (χ1v) is 6.72. The Morgan fingerprint density at radius 2 is 1.89 bits per heavy atom. The molecule has 0 fully saturated rings. The first-order valence-electron chi connectivity index (χ1n) is 5.90. The van der Waals surface area contributed by atoms with Crippen LogP contribution in [0, 0.1) is 5.82 Å². The molecule has 0 amide bonds. The summed E-state index contributed by atoms with van der Waals surface area (Å²) in [7, 11) is 1.59. The van der Waals surface area contributed by atoms with Crippen LogP contribution in [0.5, 0.6) is 5.75 Å². The lowest BCUT2D eigenvalue weighted by molar-refractivity contribution is 0.198. The minimum absolute atomic E-state index is 0.339. The van der Waals surface area contributed by atoms with E-state index in [1.54, 1.807) is 26.2 Å². The molecule has 2 aromatic rings. The van der Waals surface area contributed by atoms with Crippen molar-refractivity contribution in [1.82, 2.24) is 0 Å². The van der Waals surface area contributed by atoms with E-state index in [1.807, 2.05) is 24.3 Å². The molecule has 1 N–H and O–H groups in total. The number of rotatable bonds is 4. The molecule has 0 aliphatic carbocycles. The van der Waals surface area contributed by atoms with Crippen molar-refractivity contribution >= 4 is 11.8 Å². The Morgan fingerprint density at radius 3 is 2.53 bits per heavy atom. The van der Waals surface area contributed by atoms with E-state index in [-0.39, 0.29) is 5.82 Å². The largest absolute Gasteiger partial charge is 0.496 e. The van der Waals surface area contributed by atoms with Crippen molar-refractivity contribution in [2.75, 3.05) is 7.11 Å². The Bertz CT molecular complexity index is 570. The second-order valence-electron chi connectivity index (χ2n) is 4.12. The van der Waals surface area contributed by atoms with Crippen molar-refractivity contribution in [1.29, 1.82) is 0 Å². The van der Waals surface area contributed by atoms with E-state index in [0.29, 0.717) is 16.2 Å². The summed E-state index contributed by atoms with van der Waals surface area (Å²) in [5, 5.41) is 9.42. The average molecular weight is 278 g/mol. The van der Waals surface area contributed by atoms with Gasteiger partial charge in [0.2, 0.25) is 0 Å². The van der Waals surface area contributed by atoms with Crippen molar-refractivity contribution in [3.05, 3.63) is 53.8 Å².